The molecule has 0 saturated heterocycles. The molecule has 1 atom stereocenters. The molecule has 112 valence electrons. The van der Waals surface area contributed by atoms with Crippen LogP contribution >= 0.6 is 0 Å². The van der Waals surface area contributed by atoms with E-state index in [0.717, 1.165) is 5.69 Å². The van der Waals surface area contributed by atoms with Crippen LogP contribution in [-0.2, 0) is 22.6 Å². The number of ether oxygens (including phenoxy) is 1. The number of fused-ring (bicyclic) bond motifs is 1. The van der Waals surface area contributed by atoms with Crippen molar-refractivity contribution in [3.8, 4) is 0 Å². The lowest BCUT2D eigenvalue weighted by Gasteiger charge is -2.22. The van der Waals surface area contributed by atoms with Gasteiger partial charge < -0.3 is 14.2 Å². The summed E-state index contributed by atoms with van der Waals surface area (Å²) >= 11 is 0. The van der Waals surface area contributed by atoms with E-state index in [2.05, 4.69) is 15.2 Å². The number of carbonyl (C=O) groups excluding carboxylic acids is 1. The van der Waals surface area contributed by atoms with Crippen molar-refractivity contribution in [1.29, 1.82) is 0 Å². The predicted octanol–water partition coefficient (Wildman–Crippen LogP) is 0.347. The molecular weight excluding hydrogens is 274 g/mol. The Labute approximate surface area is 121 Å². The molecule has 0 spiro atoms. The molecule has 0 fully saturated rings. The molecule has 1 aliphatic heterocycles. The minimum Gasteiger partial charge on any atom is -0.375 e. The molecule has 0 saturated carbocycles. The van der Waals surface area contributed by atoms with Crippen LogP contribution in [0.3, 0.4) is 0 Å². The number of aromatic nitrogens is 4. The summed E-state index contributed by atoms with van der Waals surface area (Å²) in [5.74, 6) is 0.984. The van der Waals surface area contributed by atoms with Crippen LogP contribution < -0.4 is 0 Å². The van der Waals surface area contributed by atoms with Gasteiger partial charge in [-0.2, -0.15) is 10.1 Å². The molecular formula is C13H17N5O3. The van der Waals surface area contributed by atoms with E-state index < -0.39 is 0 Å². The molecule has 0 aliphatic carbocycles. The van der Waals surface area contributed by atoms with Crippen LogP contribution in [0.5, 0.6) is 0 Å². The molecule has 21 heavy (non-hydrogen) atoms. The maximum Gasteiger partial charge on any atom is 0.248 e. The van der Waals surface area contributed by atoms with Gasteiger partial charge in [-0.25, -0.2) is 0 Å². The molecule has 0 bridgehead atoms. The maximum atomic E-state index is 12.2. The lowest BCUT2D eigenvalue weighted by Crippen LogP contribution is -2.35. The first-order valence-corrected chi connectivity index (χ1v) is 6.75. The van der Waals surface area contributed by atoms with Gasteiger partial charge in [-0.3, -0.25) is 9.48 Å². The molecule has 3 heterocycles. The van der Waals surface area contributed by atoms with Crippen LogP contribution in [0.1, 0.15) is 23.3 Å². The van der Waals surface area contributed by atoms with Gasteiger partial charge >= 0.3 is 0 Å². The fraction of sp³-hybridized carbons (Fsp3) is 0.538. The molecule has 2 aromatic heterocycles. The largest absolute Gasteiger partial charge is 0.375 e. The summed E-state index contributed by atoms with van der Waals surface area (Å²) in [6.45, 7) is 3.46. The number of aryl methyl sites for hydroxylation is 1. The summed E-state index contributed by atoms with van der Waals surface area (Å²) in [6.07, 6.45) is 1.73. The average Bonchev–Trinajstić information content (AvgIpc) is 3.03. The molecule has 1 unspecified atom stereocenters. The van der Waals surface area contributed by atoms with Crippen molar-refractivity contribution >= 4 is 5.91 Å². The van der Waals surface area contributed by atoms with E-state index in [1.807, 2.05) is 10.7 Å². The Kier molecular flexibility index (Phi) is 3.70. The number of amides is 1. The van der Waals surface area contributed by atoms with Gasteiger partial charge in [0, 0.05) is 19.9 Å². The highest BCUT2D eigenvalue weighted by atomic mass is 16.5. The Morgan fingerprint density at radius 1 is 1.52 bits per heavy atom. The number of rotatable bonds is 3. The summed E-state index contributed by atoms with van der Waals surface area (Å²) in [5, 5.41) is 8.13. The minimum absolute atomic E-state index is 0.0592. The normalized spacial score (nSPS) is 18.4. The van der Waals surface area contributed by atoms with E-state index in [1.165, 1.54) is 7.11 Å². The van der Waals surface area contributed by atoms with E-state index in [0.29, 0.717) is 31.3 Å². The smallest absolute Gasteiger partial charge is 0.248 e. The molecule has 8 nitrogen and oxygen atoms in total. The van der Waals surface area contributed by atoms with Crippen LogP contribution in [0.2, 0.25) is 0 Å². The first-order valence-electron chi connectivity index (χ1n) is 6.75. The Morgan fingerprint density at radius 3 is 3.10 bits per heavy atom. The second-order valence-electron chi connectivity index (χ2n) is 5.09. The lowest BCUT2D eigenvalue weighted by molar-refractivity contribution is -0.136. The van der Waals surface area contributed by atoms with E-state index in [-0.39, 0.29) is 18.4 Å². The second-order valence-corrected chi connectivity index (χ2v) is 5.09. The highest BCUT2D eigenvalue weighted by Crippen LogP contribution is 2.23. The van der Waals surface area contributed by atoms with Gasteiger partial charge in [0.1, 0.15) is 6.61 Å². The number of hydrogen-bond donors (Lipinski definition) is 0. The van der Waals surface area contributed by atoms with Crippen molar-refractivity contribution in [2.75, 3.05) is 20.3 Å². The standard InChI is InChI=1S/C13H17N5O3/c1-9-15-13(21-16-9)10-5-17(12(19)8-20-2)7-11-3-4-14-18(11)6-10/h3-4,10H,5-8H2,1-2H3. The Morgan fingerprint density at radius 2 is 2.38 bits per heavy atom. The summed E-state index contributed by atoms with van der Waals surface area (Å²) in [6, 6.07) is 1.91. The lowest BCUT2D eigenvalue weighted by atomic mass is 10.1. The van der Waals surface area contributed by atoms with Crippen molar-refractivity contribution in [2.45, 2.75) is 25.9 Å². The fourth-order valence-corrected chi connectivity index (χ4v) is 2.49. The number of carbonyl (C=O) groups is 1. The second kappa shape index (κ2) is 5.65. The maximum absolute atomic E-state index is 12.2. The monoisotopic (exact) mass is 291 g/mol. The van der Waals surface area contributed by atoms with Crippen LogP contribution in [-0.4, -0.2) is 51.0 Å². The van der Waals surface area contributed by atoms with E-state index >= 15 is 0 Å². The third-order valence-electron chi connectivity index (χ3n) is 3.50. The quantitative estimate of drug-likeness (QED) is 0.811. The van der Waals surface area contributed by atoms with Gasteiger partial charge in [0.15, 0.2) is 5.82 Å². The highest BCUT2D eigenvalue weighted by Gasteiger charge is 2.29. The molecule has 0 N–H and O–H groups in total. The van der Waals surface area contributed by atoms with Crippen LogP contribution in [0.15, 0.2) is 16.8 Å². The third kappa shape index (κ3) is 2.80. The van der Waals surface area contributed by atoms with E-state index in [4.69, 9.17) is 9.26 Å². The van der Waals surface area contributed by atoms with Crippen molar-refractivity contribution in [3.05, 3.63) is 29.7 Å². The zero-order chi connectivity index (χ0) is 14.8. The Balaban J connectivity index is 1.89. The third-order valence-corrected chi connectivity index (χ3v) is 3.50. The zero-order valence-electron chi connectivity index (χ0n) is 12.0. The van der Waals surface area contributed by atoms with Crippen molar-refractivity contribution in [2.24, 2.45) is 0 Å². The topological polar surface area (TPSA) is 86.3 Å². The molecule has 1 aliphatic rings. The summed E-state index contributed by atoms with van der Waals surface area (Å²) < 4.78 is 12.1. The average molecular weight is 291 g/mol. The van der Waals surface area contributed by atoms with E-state index in [9.17, 15) is 4.79 Å². The highest BCUT2D eigenvalue weighted by molar-refractivity contribution is 5.77. The Hall–Kier alpha value is -2.22. The zero-order valence-corrected chi connectivity index (χ0v) is 12.0. The summed E-state index contributed by atoms with van der Waals surface area (Å²) in [7, 11) is 1.51. The SMILES string of the molecule is COCC(=O)N1Cc2ccnn2CC(c2nc(C)no2)C1. The van der Waals surface area contributed by atoms with Gasteiger partial charge in [-0.15, -0.1) is 0 Å². The van der Waals surface area contributed by atoms with Gasteiger partial charge in [-0.1, -0.05) is 5.16 Å². The summed E-state index contributed by atoms with van der Waals surface area (Å²) in [5.41, 5.74) is 0.984. The minimum atomic E-state index is -0.0758. The van der Waals surface area contributed by atoms with Crippen molar-refractivity contribution in [1.82, 2.24) is 24.8 Å². The number of hydrogen-bond acceptors (Lipinski definition) is 6. The van der Waals surface area contributed by atoms with Crippen molar-refractivity contribution < 1.29 is 14.1 Å². The van der Waals surface area contributed by atoms with Gasteiger partial charge in [0.05, 0.1) is 24.7 Å². The predicted molar refractivity (Wildman–Crippen MR) is 71.3 cm³/mol. The fourth-order valence-electron chi connectivity index (χ4n) is 2.49. The molecule has 3 rings (SSSR count). The molecule has 8 heteroatoms. The molecule has 1 amide bonds. The summed E-state index contributed by atoms with van der Waals surface area (Å²) in [4.78, 5) is 18.2. The van der Waals surface area contributed by atoms with Crippen LogP contribution in [0.25, 0.3) is 0 Å². The van der Waals surface area contributed by atoms with E-state index in [1.54, 1.807) is 18.0 Å². The molecule has 0 aromatic carbocycles. The van der Waals surface area contributed by atoms with Crippen molar-refractivity contribution in [3.63, 3.8) is 0 Å². The van der Waals surface area contributed by atoms with Gasteiger partial charge in [0.25, 0.3) is 0 Å². The van der Waals surface area contributed by atoms with Crippen LogP contribution in [0, 0.1) is 6.92 Å². The van der Waals surface area contributed by atoms with Gasteiger partial charge in [0.2, 0.25) is 11.8 Å². The number of methoxy groups -OCH3 is 1. The van der Waals surface area contributed by atoms with Crippen LogP contribution in [0.4, 0.5) is 0 Å². The first-order chi connectivity index (χ1) is 10.2. The van der Waals surface area contributed by atoms with Gasteiger partial charge in [-0.05, 0) is 13.0 Å². The molecule has 0 radical (unpaired) electrons. The number of nitrogens with zero attached hydrogens (tertiary/aromatic N) is 5. The molecule has 2 aromatic rings. The first kappa shape index (κ1) is 13.7. The Bertz CT molecular complexity index is 635.